The molecule has 1 aromatic rings. The fraction of sp³-hybridized carbons (Fsp3) is 0.562. The van der Waals surface area contributed by atoms with E-state index in [9.17, 15) is 4.79 Å². The summed E-state index contributed by atoms with van der Waals surface area (Å²) in [5.41, 5.74) is 1.77. The van der Waals surface area contributed by atoms with Crippen LogP contribution in [0.3, 0.4) is 0 Å². The van der Waals surface area contributed by atoms with Crippen LogP contribution < -0.4 is 5.32 Å². The minimum absolute atomic E-state index is 0.0415. The van der Waals surface area contributed by atoms with E-state index in [0.29, 0.717) is 17.8 Å². The second-order valence-electron chi connectivity index (χ2n) is 5.53. The Labute approximate surface area is 120 Å². The second kappa shape index (κ2) is 6.95. The molecule has 0 radical (unpaired) electrons. The molecule has 2 nitrogen and oxygen atoms in total. The Bertz CT molecular complexity index is 415. The summed E-state index contributed by atoms with van der Waals surface area (Å²) in [5.74, 6) is 1.11. The number of hydrogen-bond donors (Lipinski definition) is 1. The average Bonchev–Trinajstić information content (AvgIpc) is 2.64. The van der Waals surface area contributed by atoms with Crippen LogP contribution in [0.2, 0.25) is 0 Å². The summed E-state index contributed by atoms with van der Waals surface area (Å²) >= 11 is 5.75. The van der Waals surface area contributed by atoms with E-state index in [1.807, 2.05) is 24.3 Å². The summed E-state index contributed by atoms with van der Waals surface area (Å²) in [6.07, 6.45) is 6.13. The van der Waals surface area contributed by atoms with Gasteiger partial charge in [-0.2, -0.15) is 0 Å². The first-order valence-electron chi connectivity index (χ1n) is 7.16. The number of nitrogens with one attached hydrogen (secondary N) is 1. The van der Waals surface area contributed by atoms with Crippen molar-refractivity contribution >= 4 is 17.5 Å². The number of benzene rings is 1. The second-order valence-corrected chi connectivity index (χ2v) is 5.79. The van der Waals surface area contributed by atoms with Crippen LogP contribution in [0.4, 0.5) is 0 Å². The van der Waals surface area contributed by atoms with Crippen LogP contribution in [0, 0.1) is 5.92 Å². The molecule has 0 aliphatic heterocycles. The minimum atomic E-state index is 0.0415. The lowest BCUT2D eigenvalue weighted by Crippen LogP contribution is -2.38. The number of alkyl halides is 1. The molecule has 0 saturated heterocycles. The molecule has 2 rings (SSSR count). The maximum absolute atomic E-state index is 12.2. The molecule has 1 fully saturated rings. The summed E-state index contributed by atoms with van der Waals surface area (Å²) in [6.45, 7) is 2.24. The maximum atomic E-state index is 12.2. The highest BCUT2D eigenvalue weighted by Gasteiger charge is 2.21. The number of rotatable bonds is 3. The van der Waals surface area contributed by atoms with E-state index < -0.39 is 0 Å². The minimum Gasteiger partial charge on any atom is -0.349 e. The maximum Gasteiger partial charge on any atom is 0.251 e. The van der Waals surface area contributed by atoms with Gasteiger partial charge < -0.3 is 5.32 Å². The zero-order valence-electron chi connectivity index (χ0n) is 11.5. The van der Waals surface area contributed by atoms with Crippen molar-refractivity contribution < 1.29 is 4.79 Å². The Morgan fingerprint density at radius 3 is 2.58 bits per heavy atom. The summed E-state index contributed by atoms with van der Waals surface area (Å²) in [4.78, 5) is 12.2. The Morgan fingerprint density at radius 1 is 1.21 bits per heavy atom. The molecule has 2 atom stereocenters. The van der Waals surface area contributed by atoms with Gasteiger partial charge in [0.05, 0.1) is 0 Å². The topological polar surface area (TPSA) is 29.1 Å². The van der Waals surface area contributed by atoms with Crippen LogP contribution >= 0.6 is 11.6 Å². The summed E-state index contributed by atoms with van der Waals surface area (Å²) in [5, 5.41) is 3.19. The van der Waals surface area contributed by atoms with Crippen molar-refractivity contribution in [3.8, 4) is 0 Å². The van der Waals surface area contributed by atoms with E-state index in [1.165, 1.54) is 25.7 Å². The lowest BCUT2D eigenvalue weighted by molar-refractivity contribution is 0.0921. The number of carbonyl (C=O) groups excluding carboxylic acids is 1. The summed E-state index contributed by atoms with van der Waals surface area (Å²) in [6, 6.07) is 7.86. The predicted octanol–water partition coefficient (Wildman–Crippen LogP) is 4.12. The van der Waals surface area contributed by atoms with Crippen LogP contribution in [0.25, 0.3) is 0 Å². The third-order valence-electron chi connectivity index (χ3n) is 4.05. The van der Waals surface area contributed by atoms with Crippen LogP contribution in [-0.4, -0.2) is 11.9 Å². The van der Waals surface area contributed by atoms with Gasteiger partial charge in [-0.1, -0.05) is 38.3 Å². The van der Waals surface area contributed by atoms with Gasteiger partial charge in [0, 0.05) is 17.5 Å². The lowest BCUT2D eigenvalue weighted by atomic mass is 9.96. The molecule has 1 N–H and O–H groups in total. The standard InChI is InChI=1S/C16H22ClNO/c1-12-5-3-2-4-6-15(12)18-16(19)14-9-7-13(11-17)8-10-14/h7-10,12,15H,2-6,11H2,1H3,(H,18,19). The SMILES string of the molecule is CC1CCCCCC1NC(=O)c1ccc(CCl)cc1. The van der Waals surface area contributed by atoms with Crippen LogP contribution in [-0.2, 0) is 5.88 Å². The molecular formula is C16H22ClNO. The quantitative estimate of drug-likeness (QED) is 0.654. The van der Waals surface area contributed by atoms with Crippen molar-refractivity contribution in [3.63, 3.8) is 0 Å². The number of amides is 1. The Hall–Kier alpha value is -1.02. The highest BCUT2D eigenvalue weighted by molar-refractivity contribution is 6.17. The van der Waals surface area contributed by atoms with Crippen molar-refractivity contribution in [2.24, 2.45) is 5.92 Å². The van der Waals surface area contributed by atoms with E-state index in [1.54, 1.807) is 0 Å². The number of hydrogen-bond acceptors (Lipinski definition) is 1. The molecule has 19 heavy (non-hydrogen) atoms. The third-order valence-corrected chi connectivity index (χ3v) is 4.36. The molecule has 2 unspecified atom stereocenters. The van der Waals surface area contributed by atoms with E-state index in [0.717, 1.165) is 17.5 Å². The zero-order chi connectivity index (χ0) is 13.7. The molecule has 0 aromatic heterocycles. The summed E-state index contributed by atoms with van der Waals surface area (Å²) < 4.78 is 0. The fourth-order valence-electron chi connectivity index (χ4n) is 2.70. The van der Waals surface area contributed by atoms with Gasteiger partial charge in [-0.15, -0.1) is 11.6 Å². The molecule has 1 aliphatic carbocycles. The fourth-order valence-corrected chi connectivity index (χ4v) is 2.88. The van der Waals surface area contributed by atoms with Crippen molar-refractivity contribution in [1.82, 2.24) is 5.32 Å². The molecule has 1 saturated carbocycles. The van der Waals surface area contributed by atoms with Crippen LogP contribution in [0.1, 0.15) is 54.9 Å². The number of carbonyl (C=O) groups is 1. The van der Waals surface area contributed by atoms with Crippen molar-refractivity contribution in [2.75, 3.05) is 0 Å². The van der Waals surface area contributed by atoms with Crippen LogP contribution in [0.15, 0.2) is 24.3 Å². The molecule has 3 heteroatoms. The first-order chi connectivity index (χ1) is 9.20. The van der Waals surface area contributed by atoms with Gasteiger partial charge in [-0.05, 0) is 36.5 Å². The van der Waals surface area contributed by atoms with E-state index >= 15 is 0 Å². The van der Waals surface area contributed by atoms with Crippen molar-refractivity contribution in [2.45, 2.75) is 50.9 Å². The molecule has 104 valence electrons. The first-order valence-corrected chi connectivity index (χ1v) is 7.70. The molecule has 0 bridgehead atoms. The normalized spacial score (nSPS) is 23.7. The molecule has 1 aromatic carbocycles. The molecule has 1 aliphatic rings. The zero-order valence-corrected chi connectivity index (χ0v) is 12.2. The van der Waals surface area contributed by atoms with Gasteiger partial charge in [-0.25, -0.2) is 0 Å². The molecule has 1 amide bonds. The number of halogens is 1. The molecular weight excluding hydrogens is 258 g/mol. The van der Waals surface area contributed by atoms with Crippen LogP contribution in [0.5, 0.6) is 0 Å². The smallest absolute Gasteiger partial charge is 0.251 e. The Morgan fingerprint density at radius 2 is 1.89 bits per heavy atom. The monoisotopic (exact) mass is 279 g/mol. The van der Waals surface area contributed by atoms with E-state index in [4.69, 9.17) is 11.6 Å². The molecule has 0 heterocycles. The van der Waals surface area contributed by atoms with Gasteiger partial charge in [0.2, 0.25) is 0 Å². The average molecular weight is 280 g/mol. The van der Waals surface area contributed by atoms with E-state index in [-0.39, 0.29) is 5.91 Å². The van der Waals surface area contributed by atoms with Gasteiger partial charge in [0.1, 0.15) is 0 Å². The predicted molar refractivity (Wildman–Crippen MR) is 79.5 cm³/mol. The first kappa shape index (κ1) is 14.4. The highest BCUT2D eigenvalue weighted by atomic mass is 35.5. The van der Waals surface area contributed by atoms with Crippen molar-refractivity contribution in [1.29, 1.82) is 0 Å². The third kappa shape index (κ3) is 3.97. The Balaban J connectivity index is 1.98. The van der Waals surface area contributed by atoms with Crippen molar-refractivity contribution in [3.05, 3.63) is 35.4 Å². The molecule has 0 spiro atoms. The largest absolute Gasteiger partial charge is 0.349 e. The lowest BCUT2D eigenvalue weighted by Gasteiger charge is -2.22. The summed E-state index contributed by atoms with van der Waals surface area (Å²) in [7, 11) is 0. The van der Waals surface area contributed by atoms with Gasteiger partial charge in [-0.3, -0.25) is 4.79 Å². The van der Waals surface area contributed by atoms with Gasteiger partial charge in [0.25, 0.3) is 5.91 Å². The van der Waals surface area contributed by atoms with Gasteiger partial charge in [0.15, 0.2) is 0 Å². The Kier molecular flexibility index (Phi) is 5.26. The highest BCUT2D eigenvalue weighted by Crippen LogP contribution is 2.23. The van der Waals surface area contributed by atoms with E-state index in [2.05, 4.69) is 12.2 Å². The van der Waals surface area contributed by atoms with Gasteiger partial charge >= 0.3 is 0 Å².